The first-order valence-electron chi connectivity index (χ1n) is 4.13. The van der Waals surface area contributed by atoms with Crippen molar-refractivity contribution in [2.24, 2.45) is 7.05 Å². The molecule has 7 nitrogen and oxygen atoms in total. The van der Waals surface area contributed by atoms with Crippen LogP contribution in [0.5, 0.6) is 0 Å². The maximum atomic E-state index is 8.77. The molecule has 0 amide bonds. The molecular weight excluding hydrogens is 184 g/mol. The van der Waals surface area contributed by atoms with Crippen LogP contribution in [-0.2, 0) is 20.2 Å². The molecule has 2 rings (SSSR count). The first kappa shape index (κ1) is 8.82. The van der Waals surface area contributed by atoms with Crippen molar-refractivity contribution >= 4 is 0 Å². The van der Waals surface area contributed by atoms with Gasteiger partial charge in [-0.25, -0.2) is 4.68 Å². The van der Waals surface area contributed by atoms with Crippen LogP contribution in [0.4, 0.5) is 0 Å². The second kappa shape index (κ2) is 3.54. The topological polar surface area (TPSA) is 81.7 Å². The average molecular weight is 194 g/mol. The van der Waals surface area contributed by atoms with E-state index in [-0.39, 0.29) is 6.61 Å². The predicted octanol–water partition coefficient (Wildman–Crippen LogP) is -1.05. The van der Waals surface area contributed by atoms with Crippen LogP contribution in [0.3, 0.4) is 0 Å². The molecule has 0 radical (unpaired) electrons. The highest BCUT2D eigenvalue weighted by Gasteiger charge is 2.02. The largest absolute Gasteiger partial charge is 0.390 e. The molecule has 0 saturated carbocycles. The van der Waals surface area contributed by atoms with Crippen LogP contribution in [0.25, 0.3) is 0 Å². The van der Waals surface area contributed by atoms with Crippen molar-refractivity contribution in [2.45, 2.75) is 13.2 Å². The highest BCUT2D eigenvalue weighted by atomic mass is 16.3. The highest BCUT2D eigenvalue weighted by molar-refractivity contribution is 4.95. The summed E-state index contributed by atoms with van der Waals surface area (Å²) >= 11 is 0. The fourth-order valence-corrected chi connectivity index (χ4v) is 1.12. The van der Waals surface area contributed by atoms with E-state index < -0.39 is 0 Å². The van der Waals surface area contributed by atoms with Crippen molar-refractivity contribution < 1.29 is 5.11 Å². The maximum Gasteiger partial charge on any atom is 0.108 e. The zero-order valence-electron chi connectivity index (χ0n) is 7.70. The number of rotatable bonds is 3. The molecule has 14 heavy (non-hydrogen) atoms. The summed E-state index contributed by atoms with van der Waals surface area (Å²) in [7, 11) is 1.80. The Balaban J connectivity index is 2.10. The lowest BCUT2D eigenvalue weighted by Crippen LogP contribution is -2.00. The zero-order valence-corrected chi connectivity index (χ0v) is 7.70. The maximum absolute atomic E-state index is 8.77. The van der Waals surface area contributed by atoms with Gasteiger partial charge in [0.15, 0.2) is 0 Å². The van der Waals surface area contributed by atoms with Crippen molar-refractivity contribution in [2.75, 3.05) is 0 Å². The van der Waals surface area contributed by atoms with E-state index in [4.69, 9.17) is 5.11 Å². The summed E-state index contributed by atoms with van der Waals surface area (Å²) in [6.07, 6.45) is 3.48. The summed E-state index contributed by atoms with van der Waals surface area (Å²) < 4.78 is 3.23. The van der Waals surface area contributed by atoms with E-state index in [0.717, 1.165) is 5.69 Å². The van der Waals surface area contributed by atoms with E-state index >= 15 is 0 Å². The van der Waals surface area contributed by atoms with Crippen LogP contribution in [0, 0.1) is 0 Å². The molecule has 74 valence electrons. The van der Waals surface area contributed by atoms with Crippen LogP contribution in [-0.4, -0.2) is 35.1 Å². The van der Waals surface area contributed by atoms with Gasteiger partial charge in [0.25, 0.3) is 0 Å². The van der Waals surface area contributed by atoms with Gasteiger partial charge < -0.3 is 5.11 Å². The normalized spacial score (nSPS) is 10.7. The fraction of sp³-hybridized carbons (Fsp3) is 0.429. The van der Waals surface area contributed by atoms with Gasteiger partial charge in [0.1, 0.15) is 11.4 Å². The van der Waals surface area contributed by atoms with E-state index in [9.17, 15) is 0 Å². The standard InChI is InChI=1S/C7H10N6O/c1-12-2-6(8-10-12)3-13-4-7(5-14)9-11-13/h2,4,14H,3,5H2,1H3. The molecule has 0 fully saturated rings. The van der Waals surface area contributed by atoms with Crippen LogP contribution in [0.1, 0.15) is 11.4 Å². The summed E-state index contributed by atoms with van der Waals surface area (Å²) in [6, 6.07) is 0. The Morgan fingerprint density at radius 3 is 2.57 bits per heavy atom. The number of aryl methyl sites for hydroxylation is 1. The molecule has 0 saturated heterocycles. The lowest BCUT2D eigenvalue weighted by molar-refractivity contribution is 0.276. The van der Waals surface area contributed by atoms with Crippen LogP contribution < -0.4 is 0 Å². The van der Waals surface area contributed by atoms with Crippen LogP contribution in [0.2, 0.25) is 0 Å². The summed E-state index contributed by atoms with van der Waals surface area (Å²) in [5, 5.41) is 24.0. The lowest BCUT2D eigenvalue weighted by Gasteiger charge is -1.92. The molecule has 0 aromatic carbocycles. The molecule has 7 heteroatoms. The minimum Gasteiger partial charge on any atom is -0.390 e. The Kier molecular flexibility index (Phi) is 2.23. The van der Waals surface area contributed by atoms with Crippen LogP contribution >= 0.6 is 0 Å². The first-order valence-corrected chi connectivity index (χ1v) is 4.13. The third-order valence-corrected chi connectivity index (χ3v) is 1.72. The van der Waals surface area contributed by atoms with Gasteiger partial charge in [-0.1, -0.05) is 10.4 Å². The van der Waals surface area contributed by atoms with Crippen molar-refractivity contribution in [1.29, 1.82) is 0 Å². The second-order valence-electron chi connectivity index (χ2n) is 2.95. The van der Waals surface area contributed by atoms with Gasteiger partial charge in [-0.3, -0.25) is 4.68 Å². The van der Waals surface area contributed by atoms with Crippen molar-refractivity contribution in [3.63, 3.8) is 0 Å². The quantitative estimate of drug-likeness (QED) is 0.674. The van der Waals surface area contributed by atoms with Gasteiger partial charge in [0.05, 0.1) is 19.3 Å². The average Bonchev–Trinajstić information content (AvgIpc) is 2.76. The Morgan fingerprint density at radius 1 is 1.21 bits per heavy atom. The number of nitrogens with zero attached hydrogens (tertiary/aromatic N) is 6. The van der Waals surface area contributed by atoms with E-state index in [0.29, 0.717) is 12.2 Å². The molecule has 2 aromatic rings. The smallest absolute Gasteiger partial charge is 0.108 e. The van der Waals surface area contributed by atoms with E-state index in [1.165, 1.54) is 0 Å². The van der Waals surface area contributed by atoms with Gasteiger partial charge in [0, 0.05) is 13.2 Å². The SMILES string of the molecule is Cn1cc(Cn2cc(CO)nn2)nn1. The monoisotopic (exact) mass is 194 g/mol. The Bertz CT molecular complexity index is 419. The highest BCUT2D eigenvalue weighted by Crippen LogP contribution is 1.97. The van der Waals surface area contributed by atoms with Gasteiger partial charge in [0.2, 0.25) is 0 Å². The minimum atomic E-state index is -0.0968. The summed E-state index contributed by atoms with van der Waals surface area (Å²) in [4.78, 5) is 0. The molecule has 0 aliphatic heterocycles. The number of hydrogen-bond acceptors (Lipinski definition) is 5. The third kappa shape index (κ3) is 1.77. The van der Waals surface area contributed by atoms with E-state index in [1.807, 2.05) is 0 Å². The number of aliphatic hydroxyl groups is 1. The van der Waals surface area contributed by atoms with Crippen molar-refractivity contribution in [3.05, 3.63) is 23.8 Å². The van der Waals surface area contributed by atoms with E-state index in [1.54, 1.807) is 28.8 Å². The molecule has 0 unspecified atom stereocenters. The third-order valence-electron chi connectivity index (χ3n) is 1.72. The summed E-state index contributed by atoms with van der Waals surface area (Å²) in [5.74, 6) is 0. The van der Waals surface area contributed by atoms with Crippen molar-refractivity contribution in [3.8, 4) is 0 Å². The van der Waals surface area contributed by atoms with E-state index in [2.05, 4.69) is 20.6 Å². The molecule has 0 atom stereocenters. The summed E-state index contributed by atoms with van der Waals surface area (Å²) in [6.45, 7) is 0.418. The van der Waals surface area contributed by atoms with Gasteiger partial charge >= 0.3 is 0 Å². The molecule has 0 aliphatic carbocycles. The molecule has 2 aromatic heterocycles. The summed E-state index contributed by atoms with van der Waals surface area (Å²) in [5.41, 5.74) is 1.36. The Labute approximate surface area is 80.0 Å². The molecule has 0 bridgehead atoms. The first-order chi connectivity index (χ1) is 6.78. The Hall–Kier alpha value is -1.76. The molecule has 0 aliphatic rings. The minimum absolute atomic E-state index is 0.0968. The van der Waals surface area contributed by atoms with Crippen molar-refractivity contribution in [1.82, 2.24) is 30.0 Å². The van der Waals surface area contributed by atoms with Gasteiger partial charge in [-0.05, 0) is 0 Å². The molecular formula is C7H10N6O. The fourth-order valence-electron chi connectivity index (χ4n) is 1.12. The number of hydrogen-bond donors (Lipinski definition) is 1. The van der Waals surface area contributed by atoms with Gasteiger partial charge in [-0.2, -0.15) is 0 Å². The zero-order chi connectivity index (χ0) is 9.97. The molecule has 1 N–H and O–H groups in total. The number of aliphatic hydroxyl groups excluding tert-OH is 1. The predicted molar refractivity (Wildman–Crippen MR) is 46.0 cm³/mol. The molecule has 0 spiro atoms. The second-order valence-corrected chi connectivity index (χ2v) is 2.95. The molecule has 2 heterocycles. The van der Waals surface area contributed by atoms with Gasteiger partial charge in [-0.15, -0.1) is 10.2 Å². The lowest BCUT2D eigenvalue weighted by atomic mass is 10.4. The van der Waals surface area contributed by atoms with Crippen LogP contribution in [0.15, 0.2) is 12.4 Å². The Morgan fingerprint density at radius 2 is 2.00 bits per heavy atom. The number of aromatic nitrogens is 6.